The first-order chi connectivity index (χ1) is 15.6. The highest BCUT2D eigenvalue weighted by atomic mass is 32.2. The first kappa shape index (κ1) is 24.5. The number of ketones is 1. The van der Waals surface area contributed by atoms with Gasteiger partial charge in [0.15, 0.2) is 5.78 Å². The molecule has 0 aliphatic carbocycles. The fourth-order valence-corrected chi connectivity index (χ4v) is 4.81. The van der Waals surface area contributed by atoms with Crippen molar-refractivity contribution in [2.24, 2.45) is 11.8 Å². The number of rotatable bonds is 10. The smallest absolute Gasteiger partial charge is 0.307 e. The topological polar surface area (TPSA) is 113 Å². The van der Waals surface area contributed by atoms with Crippen LogP contribution in [0.5, 0.6) is 0 Å². The lowest BCUT2D eigenvalue weighted by molar-refractivity contribution is -0.145. The van der Waals surface area contributed by atoms with Gasteiger partial charge < -0.3 is 5.11 Å². The molecule has 0 spiro atoms. The lowest BCUT2D eigenvalue weighted by Gasteiger charge is -2.21. The van der Waals surface area contributed by atoms with Gasteiger partial charge >= 0.3 is 5.97 Å². The van der Waals surface area contributed by atoms with E-state index in [2.05, 4.69) is 9.71 Å². The summed E-state index contributed by atoms with van der Waals surface area (Å²) in [4.78, 5) is 29.4. The molecule has 1 aromatic heterocycles. The van der Waals surface area contributed by atoms with Crippen LogP contribution in [0.3, 0.4) is 0 Å². The number of carbonyl (C=O) groups excluding carboxylic acids is 1. The van der Waals surface area contributed by atoms with Crippen LogP contribution in [0.1, 0.15) is 31.5 Å². The lowest BCUT2D eigenvalue weighted by Crippen LogP contribution is -2.44. The average molecular weight is 469 g/mol. The second-order valence-corrected chi connectivity index (χ2v) is 10.3. The van der Waals surface area contributed by atoms with Gasteiger partial charge in [0.05, 0.1) is 22.4 Å². The number of nitrogens with one attached hydrogen (secondary N) is 1. The van der Waals surface area contributed by atoms with E-state index in [-0.39, 0.29) is 23.7 Å². The number of aryl methyl sites for hydroxylation is 1. The maximum atomic E-state index is 13.2. The Kier molecular flexibility index (Phi) is 7.61. The van der Waals surface area contributed by atoms with E-state index in [4.69, 9.17) is 0 Å². The summed E-state index contributed by atoms with van der Waals surface area (Å²) in [5.74, 6) is -2.75. The molecule has 0 unspecified atom stereocenters. The predicted octanol–water partition coefficient (Wildman–Crippen LogP) is 3.75. The molecule has 0 saturated carbocycles. The summed E-state index contributed by atoms with van der Waals surface area (Å²) in [6.45, 7) is 5.30. The Balaban J connectivity index is 1.92. The zero-order valence-electron chi connectivity index (χ0n) is 18.9. The molecule has 0 aliphatic rings. The molecular weight excluding hydrogens is 440 g/mol. The van der Waals surface area contributed by atoms with Gasteiger partial charge in [0, 0.05) is 23.9 Å². The van der Waals surface area contributed by atoms with Crippen LogP contribution in [0, 0.1) is 18.8 Å². The van der Waals surface area contributed by atoms with Crippen LogP contribution in [0.25, 0.3) is 10.9 Å². The normalized spacial score (nSPS) is 13.7. The van der Waals surface area contributed by atoms with Crippen molar-refractivity contribution in [3.05, 3.63) is 71.9 Å². The van der Waals surface area contributed by atoms with Crippen molar-refractivity contribution < 1.29 is 23.1 Å². The number of para-hydroxylation sites is 1. The number of aliphatic carboxylic acids is 1. The number of carboxylic acid groups (broad SMARTS) is 1. The van der Waals surface area contributed by atoms with Crippen LogP contribution in [-0.2, 0) is 26.0 Å². The number of carbonyl (C=O) groups is 2. The molecule has 1 heterocycles. The second kappa shape index (κ2) is 10.2. The predicted molar refractivity (Wildman–Crippen MR) is 126 cm³/mol. The fraction of sp³-hybridized carbons (Fsp3) is 0.320. The lowest BCUT2D eigenvalue weighted by atomic mass is 9.88. The summed E-state index contributed by atoms with van der Waals surface area (Å²) < 4.78 is 28.5. The van der Waals surface area contributed by atoms with Gasteiger partial charge in [-0.05, 0) is 37.1 Å². The molecule has 0 saturated heterocycles. The standard InChI is InChI=1S/C25H28N2O5S/c1-16(2)21(25(29)30)15-24(28)23(27-33(31,32)20-12-8-17(3)9-13-20)14-19-11-10-18-6-4-5-7-22(18)26-19/h4-13,16,21,23,27H,14-15H2,1-3H3,(H,29,30)/t21-,23-/m0/s1. The molecule has 2 N–H and O–H groups in total. The monoisotopic (exact) mass is 468 g/mol. The number of hydrogen-bond donors (Lipinski definition) is 2. The fourth-order valence-electron chi connectivity index (χ4n) is 3.59. The number of aromatic nitrogens is 1. The average Bonchev–Trinajstić information content (AvgIpc) is 2.76. The molecule has 0 radical (unpaired) electrons. The number of nitrogens with zero attached hydrogens (tertiary/aromatic N) is 1. The largest absolute Gasteiger partial charge is 0.481 e. The molecule has 174 valence electrons. The number of sulfonamides is 1. The third kappa shape index (κ3) is 6.24. The Morgan fingerprint density at radius 1 is 1.00 bits per heavy atom. The number of pyridine rings is 1. The Morgan fingerprint density at radius 2 is 1.67 bits per heavy atom. The molecule has 33 heavy (non-hydrogen) atoms. The van der Waals surface area contributed by atoms with E-state index >= 15 is 0 Å². The summed E-state index contributed by atoms with van der Waals surface area (Å²) in [5.41, 5.74) is 2.17. The number of carboxylic acids is 1. The Hall–Kier alpha value is -3.10. The summed E-state index contributed by atoms with van der Waals surface area (Å²) in [6.07, 6.45) is -0.263. The van der Waals surface area contributed by atoms with Crippen molar-refractivity contribution in [3.8, 4) is 0 Å². The van der Waals surface area contributed by atoms with Crippen LogP contribution in [0.2, 0.25) is 0 Å². The number of fused-ring (bicyclic) bond motifs is 1. The van der Waals surface area contributed by atoms with Gasteiger partial charge in [0.25, 0.3) is 0 Å². The third-order valence-corrected chi connectivity index (χ3v) is 7.12. The zero-order valence-corrected chi connectivity index (χ0v) is 19.7. The molecule has 7 nitrogen and oxygen atoms in total. The number of hydrogen-bond acceptors (Lipinski definition) is 5. The van der Waals surface area contributed by atoms with E-state index < -0.39 is 33.7 Å². The van der Waals surface area contributed by atoms with Crippen molar-refractivity contribution in [1.82, 2.24) is 9.71 Å². The first-order valence-electron chi connectivity index (χ1n) is 10.8. The van der Waals surface area contributed by atoms with Gasteiger partial charge in [0.1, 0.15) is 0 Å². The minimum absolute atomic E-state index is 0.0131. The van der Waals surface area contributed by atoms with E-state index in [0.717, 1.165) is 16.5 Å². The maximum absolute atomic E-state index is 13.2. The minimum Gasteiger partial charge on any atom is -0.481 e. The van der Waals surface area contributed by atoms with Gasteiger partial charge in [-0.3, -0.25) is 14.6 Å². The number of benzene rings is 2. The highest BCUT2D eigenvalue weighted by molar-refractivity contribution is 7.89. The molecule has 0 bridgehead atoms. The molecule has 2 aromatic carbocycles. The van der Waals surface area contributed by atoms with Gasteiger partial charge in [-0.1, -0.05) is 55.8 Å². The summed E-state index contributed by atoms with van der Waals surface area (Å²) >= 11 is 0. The minimum atomic E-state index is -4.01. The van der Waals surface area contributed by atoms with Crippen LogP contribution < -0.4 is 4.72 Å². The Bertz CT molecular complexity index is 1250. The summed E-state index contributed by atoms with van der Waals surface area (Å²) in [7, 11) is -4.01. The van der Waals surface area contributed by atoms with Crippen molar-refractivity contribution >= 4 is 32.7 Å². The molecule has 8 heteroatoms. The van der Waals surface area contributed by atoms with Crippen molar-refractivity contribution in [2.75, 3.05) is 0 Å². The summed E-state index contributed by atoms with van der Waals surface area (Å²) in [5, 5.41) is 10.4. The maximum Gasteiger partial charge on any atom is 0.307 e. The third-order valence-electron chi connectivity index (χ3n) is 5.63. The molecule has 3 aromatic rings. The van der Waals surface area contributed by atoms with Crippen molar-refractivity contribution in [1.29, 1.82) is 0 Å². The van der Waals surface area contributed by atoms with E-state index in [0.29, 0.717) is 5.69 Å². The highest BCUT2D eigenvalue weighted by Gasteiger charge is 2.31. The molecule has 0 aliphatic heterocycles. The van der Waals surface area contributed by atoms with Crippen LogP contribution in [-0.4, -0.2) is 36.3 Å². The van der Waals surface area contributed by atoms with E-state index in [1.807, 2.05) is 37.3 Å². The van der Waals surface area contributed by atoms with Crippen LogP contribution >= 0.6 is 0 Å². The quantitative estimate of drug-likeness (QED) is 0.469. The molecule has 3 rings (SSSR count). The zero-order chi connectivity index (χ0) is 24.2. The van der Waals surface area contributed by atoms with E-state index in [1.54, 1.807) is 32.0 Å². The highest BCUT2D eigenvalue weighted by Crippen LogP contribution is 2.20. The van der Waals surface area contributed by atoms with Crippen molar-refractivity contribution in [3.63, 3.8) is 0 Å². The van der Waals surface area contributed by atoms with Gasteiger partial charge in [-0.25, -0.2) is 13.1 Å². The first-order valence-corrected chi connectivity index (χ1v) is 12.2. The molecule has 2 atom stereocenters. The number of Topliss-reactive ketones (excluding diaryl/α,β-unsaturated/α-hetero) is 1. The van der Waals surface area contributed by atoms with Crippen LogP contribution in [0.15, 0.2) is 65.6 Å². The van der Waals surface area contributed by atoms with E-state index in [9.17, 15) is 23.1 Å². The SMILES string of the molecule is Cc1ccc(S(=O)(=O)N[C@@H](Cc2ccc3ccccc3n2)C(=O)C[C@H](C(=O)O)C(C)C)cc1. The van der Waals surface area contributed by atoms with Crippen LogP contribution in [0.4, 0.5) is 0 Å². The second-order valence-electron chi connectivity index (χ2n) is 8.55. The molecule has 0 amide bonds. The van der Waals surface area contributed by atoms with E-state index in [1.165, 1.54) is 12.1 Å². The van der Waals surface area contributed by atoms with Gasteiger partial charge in [0.2, 0.25) is 10.0 Å². The Morgan fingerprint density at radius 3 is 2.30 bits per heavy atom. The summed E-state index contributed by atoms with van der Waals surface area (Å²) in [6, 6.07) is 16.3. The van der Waals surface area contributed by atoms with Gasteiger partial charge in [-0.2, -0.15) is 0 Å². The van der Waals surface area contributed by atoms with Gasteiger partial charge in [-0.15, -0.1) is 0 Å². The molecule has 0 fully saturated rings. The van der Waals surface area contributed by atoms with Crippen molar-refractivity contribution in [2.45, 2.75) is 44.6 Å². The molecular formula is C25H28N2O5S. The Labute approximate surface area is 193 Å².